The summed E-state index contributed by atoms with van der Waals surface area (Å²) < 4.78 is 38.2. The number of hydrogen-bond donors (Lipinski definition) is 0. The Kier molecular flexibility index (Phi) is 5.89. The molecule has 0 atom stereocenters. The molecule has 0 saturated heterocycles. The predicted molar refractivity (Wildman–Crippen MR) is 80.8 cm³/mol. The van der Waals surface area contributed by atoms with Gasteiger partial charge in [0, 0.05) is 11.6 Å². The van der Waals surface area contributed by atoms with Gasteiger partial charge >= 0.3 is 0 Å². The maximum absolute atomic E-state index is 13.8. The zero-order valence-corrected chi connectivity index (χ0v) is 12.5. The Balaban J connectivity index is 1.97. The van der Waals surface area contributed by atoms with Crippen LogP contribution in [0.1, 0.15) is 68.9 Å². The predicted octanol–water partition coefficient (Wildman–Crippen LogP) is 6.53. The molecule has 0 aromatic heterocycles. The molecular formula is C18H23F3. The van der Waals surface area contributed by atoms with Crippen molar-refractivity contribution in [1.82, 2.24) is 0 Å². The summed E-state index contributed by atoms with van der Waals surface area (Å²) >= 11 is 0. The Hall–Kier alpha value is -1.25. The fourth-order valence-corrected chi connectivity index (χ4v) is 3.31. The van der Waals surface area contributed by atoms with Gasteiger partial charge in [0.25, 0.3) is 6.08 Å². The molecule has 1 aromatic carbocycles. The van der Waals surface area contributed by atoms with Crippen LogP contribution in [0.5, 0.6) is 0 Å². The molecule has 21 heavy (non-hydrogen) atoms. The minimum Gasteiger partial charge on any atom is -0.206 e. The number of hydrogen-bond acceptors (Lipinski definition) is 0. The molecule has 2 rings (SSSR count). The van der Waals surface area contributed by atoms with Gasteiger partial charge in [-0.15, -0.1) is 0 Å². The van der Waals surface area contributed by atoms with Crippen LogP contribution in [-0.4, -0.2) is 0 Å². The summed E-state index contributed by atoms with van der Waals surface area (Å²) in [6.45, 7) is 2.21. The van der Waals surface area contributed by atoms with Crippen molar-refractivity contribution in [1.29, 1.82) is 0 Å². The van der Waals surface area contributed by atoms with Crippen LogP contribution in [0.15, 0.2) is 24.3 Å². The maximum atomic E-state index is 13.8. The van der Waals surface area contributed by atoms with Gasteiger partial charge in [-0.3, -0.25) is 0 Å². The standard InChI is InChI=1S/C18H23F3/c1-2-3-4-13-5-7-14(8-6-13)15-9-10-16(12-18(20)21)17(19)11-15/h9-14H,2-8H2,1H3/t13-,14-. The van der Waals surface area contributed by atoms with E-state index >= 15 is 0 Å². The molecule has 1 aliphatic rings. The van der Waals surface area contributed by atoms with Crippen molar-refractivity contribution in [3.05, 3.63) is 41.2 Å². The van der Waals surface area contributed by atoms with Gasteiger partial charge in [-0.25, -0.2) is 4.39 Å². The first-order chi connectivity index (χ1) is 10.1. The Morgan fingerprint density at radius 2 is 1.90 bits per heavy atom. The fourth-order valence-electron chi connectivity index (χ4n) is 3.31. The lowest BCUT2D eigenvalue weighted by molar-refractivity contribution is 0.304. The van der Waals surface area contributed by atoms with Crippen LogP contribution in [0.2, 0.25) is 0 Å². The van der Waals surface area contributed by atoms with Crippen molar-refractivity contribution in [3.63, 3.8) is 0 Å². The minimum absolute atomic E-state index is 0.0321. The molecular weight excluding hydrogens is 273 g/mol. The van der Waals surface area contributed by atoms with E-state index < -0.39 is 11.9 Å². The third-order valence-corrected chi connectivity index (χ3v) is 4.57. The van der Waals surface area contributed by atoms with E-state index in [2.05, 4.69) is 6.92 Å². The summed E-state index contributed by atoms with van der Waals surface area (Å²) in [6, 6.07) is 4.70. The first kappa shape index (κ1) is 16.1. The summed E-state index contributed by atoms with van der Waals surface area (Å²) in [7, 11) is 0. The Bertz CT molecular complexity index is 481. The zero-order chi connectivity index (χ0) is 15.2. The number of unbranched alkanes of at least 4 members (excludes halogenated alkanes) is 1. The van der Waals surface area contributed by atoms with E-state index in [0.29, 0.717) is 12.0 Å². The van der Waals surface area contributed by atoms with Crippen LogP contribution in [0, 0.1) is 11.7 Å². The molecule has 0 heterocycles. The van der Waals surface area contributed by atoms with Crippen molar-refractivity contribution >= 4 is 6.08 Å². The molecule has 0 spiro atoms. The lowest BCUT2D eigenvalue weighted by Gasteiger charge is -2.29. The molecule has 1 saturated carbocycles. The van der Waals surface area contributed by atoms with Gasteiger partial charge in [0.1, 0.15) is 5.82 Å². The second-order valence-electron chi connectivity index (χ2n) is 6.07. The highest BCUT2D eigenvalue weighted by atomic mass is 19.3. The third kappa shape index (κ3) is 4.62. The SMILES string of the molecule is CCCC[C@H]1CC[C@H](c2ccc(C=C(F)F)c(F)c2)CC1. The quantitative estimate of drug-likeness (QED) is 0.579. The lowest BCUT2D eigenvalue weighted by Crippen LogP contribution is -2.13. The molecule has 1 aromatic rings. The van der Waals surface area contributed by atoms with Gasteiger partial charge in [-0.1, -0.05) is 38.3 Å². The van der Waals surface area contributed by atoms with Crippen molar-refractivity contribution < 1.29 is 13.2 Å². The van der Waals surface area contributed by atoms with Crippen LogP contribution in [0.4, 0.5) is 13.2 Å². The first-order valence-corrected chi connectivity index (χ1v) is 7.92. The van der Waals surface area contributed by atoms with E-state index in [0.717, 1.165) is 24.3 Å². The molecule has 0 radical (unpaired) electrons. The maximum Gasteiger partial charge on any atom is 0.271 e. The average molecular weight is 296 g/mol. The monoisotopic (exact) mass is 296 g/mol. The molecule has 0 amide bonds. The van der Waals surface area contributed by atoms with Gasteiger partial charge in [0.05, 0.1) is 0 Å². The number of rotatable bonds is 5. The highest BCUT2D eigenvalue weighted by Crippen LogP contribution is 2.38. The highest BCUT2D eigenvalue weighted by Gasteiger charge is 2.22. The van der Waals surface area contributed by atoms with Gasteiger partial charge in [0.2, 0.25) is 0 Å². The molecule has 1 aliphatic carbocycles. The van der Waals surface area contributed by atoms with E-state index in [1.807, 2.05) is 0 Å². The van der Waals surface area contributed by atoms with Crippen LogP contribution in [-0.2, 0) is 0 Å². The van der Waals surface area contributed by atoms with Gasteiger partial charge < -0.3 is 0 Å². The highest BCUT2D eigenvalue weighted by molar-refractivity contribution is 5.51. The number of halogens is 3. The van der Waals surface area contributed by atoms with Gasteiger partial charge in [0.15, 0.2) is 0 Å². The molecule has 1 fully saturated rings. The largest absolute Gasteiger partial charge is 0.271 e. The molecule has 3 heteroatoms. The second-order valence-corrected chi connectivity index (χ2v) is 6.07. The van der Waals surface area contributed by atoms with Crippen LogP contribution in [0.3, 0.4) is 0 Å². The van der Waals surface area contributed by atoms with E-state index in [9.17, 15) is 13.2 Å². The Morgan fingerprint density at radius 1 is 1.19 bits per heavy atom. The Labute approximate surface area is 125 Å². The molecule has 0 unspecified atom stereocenters. The van der Waals surface area contributed by atoms with E-state index in [1.165, 1.54) is 44.2 Å². The first-order valence-electron chi connectivity index (χ1n) is 7.92. The molecule has 0 N–H and O–H groups in total. The molecule has 0 aliphatic heterocycles. The van der Waals surface area contributed by atoms with Crippen molar-refractivity contribution in [3.8, 4) is 0 Å². The van der Waals surface area contributed by atoms with Crippen LogP contribution >= 0.6 is 0 Å². The Morgan fingerprint density at radius 3 is 2.48 bits per heavy atom. The molecule has 116 valence electrons. The summed E-state index contributed by atoms with van der Waals surface area (Å²) in [4.78, 5) is 0. The van der Waals surface area contributed by atoms with Crippen molar-refractivity contribution in [2.45, 2.75) is 57.8 Å². The van der Waals surface area contributed by atoms with Crippen LogP contribution in [0.25, 0.3) is 6.08 Å². The smallest absolute Gasteiger partial charge is 0.206 e. The van der Waals surface area contributed by atoms with Crippen LogP contribution < -0.4 is 0 Å². The molecule has 0 bridgehead atoms. The normalized spacial score (nSPS) is 22.1. The number of benzene rings is 1. The summed E-state index contributed by atoms with van der Waals surface area (Å²) in [5.74, 6) is 0.646. The van der Waals surface area contributed by atoms with Gasteiger partial charge in [-0.2, -0.15) is 8.78 Å². The van der Waals surface area contributed by atoms with E-state index in [-0.39, 0.29) is 5.56 Å². The average Bonchev–Trinajstić information content (AvgIpc) is 2.47. The topological polar surface area (TPSA) is 0 Å². The second kappa shape index (κ2) is 7.67. The fraction of sp³-hybridized carbons (Fsp3) is 0.556. The third-order valence-electron chi connectivity index (χ3n) is 4.57. The lowest BCUT2D eigenvalue weighted by atomic mass is 9.77. The summed E-state index contributed by atoms with van der Waals surface area (Å²) in [6.07, 6.45) is 7.13. The summed E-state index contributed by atoms with van der Waals surface area (Å²) in [5.41, 5.74) is 0.924. The van der Waals surface area contributed by atoms with Gasteiger partial charge in [-0.05, 0) is 49.1 Å². The minimum atomic E-state index is -1.86. The van der Waals surface area contributed by atoms with E-state index in [1.54, 1.807) is 6.07 Å². The zero-order valence-electron chi connectivity index (χ0n) is 12.5. The van der Waals surface area contributed by atoms with Crippen molar-refractivity contribution in [2.24, 2.45) is 5.92 Å². The van der Waals surface area contributed by atoms with Crippen molar-refractivity contribution in [2.75, 3.05) is 0 Å². The molecule has 0 nitrogen and oxygen atoms in total. The summed E-state index contributed by atoms with van der Waals surface area (Å²) in [5, 5.41) is 0. The van der Waals surface area contributed by atoms with E-state index in [4.69, 9.17) is 0 Å².